The van der Waals surface area contributed by atoms with Crippen LogP contribution in [0, 0.1) is 0 Å². The van der Waals surface area contributed by atoms with Crippen LogP contribution in [0.2, 0.25) is 0 Å². The molecule has 20 heavy (non-hydrogen) atoms. The molecule has 0 saturated heterocycles. The highest BCUT2D eigenvalue weighted by atomic mass is 19.3. The lowest BCUT2D eigenvalue weighted by Gasteiger charge is -2.09. The molecular weight excluding hydrogens is 256 g/mol. The Morgan fingerprint density at radius 3 is 2.45 bits per heavy atom. The first-order chi connectivity index (χ1) is 9.72. The van der Waals surface area contributed by atoms with Crippen molar-refractivity contribution in [2.45, 2.75) is 32.2 Å². The van der Waals surface area contributed by atoms with E-state index in [0.717, 1.165) is 17.7 Å². The first-order valence-corrected chi connectivity index (χ1v) is 6.95. The van der Waals surface area contributed by atoms with E-state index >= 15 is 0 Å². The molecule has 0 atom stereocenters. The van der Waals surface area contributed by atoms with E-state index in [2.05, 4.69) is 23.5 Å². The van der Waals surface area contributed by atoms with Crippen molar-refractivity contribution in [3.63, 3.8) is 0 Å². The molecule has 0 bridgehead atoms. The number of nitrogens with one attached hydrogen (secondary N) is 1. The summed E-state index contributed by atoms with van der Waals surface area (Å²) in [5.74, 6) is 0. The average Bonchev–Trinajstić information content (AvgIpc) is 2.93. The van der Waals surface area contributed by atoms with E-state index in [-0.39, 0.29) is 5.56 Å². The van der Waals surface area contributed by atoms with Crippen LogP contribution in [0.25, 0.3) is 0 Å². The number of alkyl halides is 2. The van der Waals surface area contributed by atoms with Crippen LogP contribution >= 0.6 is 0 Å². The van der Waals surface area contributed by atoms with Gasteiger partial charge in [-0.2, -0.15) is 0 Å². The molecular formula is C17H17F2N. The quantitative estimate of drug-likeness (QED) is 0.849. The molecule has 0 aliphatic heterocycles. The van der Waals surface area contributed by atoms with Crippen molar-refractivity contribution in [2.24, 2.45) is 0 Å². The van der Waals surface area contributed by atoms with E-state index in [0.29, 0.717) is 6.54 Å². The van der Waals surface area contributed by atoms with Gasteiger partial charge in [-0.25, -0.2) is 8.78 Å². The number of benzene rings is 2. The molecule has 0 saturated carbocycles. The summed E-state index contributed by atoms with van der Waals surface area (Å²) in [6, 6.07) is 13.0. The van der Waals surface area contributed by atoms with Gasteiger partial charge in [0.05, 0.1) is 0 Å². The summed E-state index contributed by atoms with van der Waals surface area (Å²) in [4.78, 5) is 0. The number of aryl methyl sites for hydroxylation is 2. The van der Waals surface area contributed by atoms with Gasteiger partial charge in [0, 0.05) is 17.8 Å². The second kappa shape index (κ2) is 5.61. The fraction of sp³-hybridized carbons (Fsp3) is 0.294. The summed E-state index contributed by atoms with van der Waals surface area (Å²) < 4.78 is 24.9. The maximum Gasteiger partial charge on any atom is 0.263 e. The van der Waals surface area contributed by atoms with E-state index in [1.54, 1.807) is 12.1 Å². The third kappa shape index (κ3) is 2.82. The van der Waals surface area contributed by atoms with Crippen molar-refractivity contribution in [3.05, 3.63) is 64.7 Å². The minimum Gasteiger partial charge on any atom is -0.381 e. The number of rotatable bonds is 4. The van der Waals surface area contributed by atoms with E-state index in [9.17, 15) is 8.78 Å². The van der Waals surface area contributed by atoms with E-state index in [1.165, 1.54) is 36.1 Å². The third-order valence-corrected chi connectivity index (χ3v) is 3.83. The highest BCUT2D eigenvalue weighted by Crippen LogP contribution is 2.25. The molecule has 1 aliphatic carbocycles. The van der Waals surface area contributed by atoms with Crippen LogP contribution in [0.15, 0.2) is 42.5 Å². The highest BCUT2D eigenvalue weighted by molar-refractivity contribution is 5.50. The van der Waals surface area contributed by atoms with Crippen LogP contribution in [0.4, 0.5) is 14.5 Å². The molecule has 0 aromatic heterocycles. The molecule has 0 heterocycles. The van der Waals surface area contributed by atoms with Crippen molar-refractivity contribution < 1.29 is 8.78 Å². The van der Waals surface area contributed by atoms with Gasteiger partial charge in [-0.15, -0.1) is 0 Å². The van der Waals surface area contributed by atoms with Crippen LogP contribution in [0.3, 0.4) is 0 Å². The molecule has 2 aromatic carbocycles. The number of hydrogen-bond acceptors (Lipinski definition) is 1. The lowest BCUT2D eigenvalue weighted by Crippen LogP contribution is -2.00. The minimum atomic E-state index is -2.39. The van der Waals surface area contributed by atoms with Gasteiger partial charge < -0.3 is 5.32 Å². The summed E-state index contributed by atoms with van der Waals surface area (Å²) in [7, 11) is 0. The van der Waals surface area contributed by atoms with Crippen molar-refractivity contribution in [1.29, 1.82) is 0 Å². The molecule has 3 heteroatoms. The molecule has 0 radical (unpaired) electrons. The summed E-state index contributed by atoms with van der Waals surface area (Å²) in [5, 5.41) is 3.35. The highest BCUT2D eigenvalue weighted by Gasteiger charge is 2.10. The fourth-order valence-electron chi connectivity index (χ4n) is 2.67. The van der Waals surface area contributed by atoms with Crippen LogP contribution in [0.1, 0.15) is 35.1 Å². The summed E-state index contributed by atoms with van der Waals surface area (Å²) in [6.07, 6.45) is 1.20. The predicted molar refractivity (Wildman–Crippen MR) is 77.2 cm³/mol. The van der Waals surface area contributed by atoms with Crippen molar-refractivity contribution in [1.82, 2.24) is 0 Å². The Labute approximate surface area is 117 Å². The zero-order chi connectivity index (χ0) is 13.9. The molecule has 0 fully saturated rings. The second-order valence-corrected chi connectivity index (χ2v) is 5.23. The van der Waals surface area contributed by atoms with E-state index < -0.39 is 6.43 Å². The molecule has 0 amide bonds. The molecule has 3 rings (SSSR count). The summed E-state index contributed by atoms with van der Waals surface area (Å²) >= 11 is 0. The zero-order valence-corrected chi connectivity index (χ0v) is 11.2. The molecule has 1 aliphatic rings. The largest absolute Gasteiger partial charge is 0.381 e. The third-order valence-electron chi connectivity index (χ3n) is 3.83. The maximum absolute atomic E-state index is 12.5. The monoisotopic (exact) mass is 273 g/mol. The van der Waals surface area contributed by atoms with Crippen LogP contribution in [-0.4, -0.2) is 0 Å². The Balaban J connectivity index is 1.64. The number of hydrogen-bond donors (Lipinski definition) is 1. The van der Waals surface area contributed by atoms with Gasteiger partial charge in [0.15, 0.2) is 0 Å². The Bertz CT molecular complexity index is 590. The normalized spacial score (nSPS) is 13.6. The number of anilines is 1. The fourth-order valence-corrected chi connectivity index (χ4v) is 2.67. The first kappa shape index (κ1) is 13.1. The van der Waals surface area contributed by atoms with E-state index in [1.807, 2.05) is 0 Å². The summed E-state index contributed by atoms with van der Waals surface area (Å²) in [6.45, 7) is 0.655. The zero-order valence-electron chi connectivity index (χ0n) is 11.2. The molecule has 1 N–H and O–H groups in total. The lowest BCUT2D eigenvalue weighted by atomic mass is 10.1. The second-order valence-electron chi connectivity index (χ2n) is 5.23. The lowest BCUT2D eigenvalue weighted by molar-refractivity contribution is 0.151. The first-order valence-electron chi connectivity index (χ1n) is 6.95. The SMILES string of the molecule is FC(F)c1ccc(CNc2ccc3c(c2)CCC3)cc1. The Kier molecular flexibility index (Phi) is 3.68. The standard InChI is InChI=1S/C17H17F2N/c18-17(19)14-6-4-12(5-7-14)11-20-16-9-8-13-2-1-3-15(13)10-16/h4-10,17,20H,1-3,11H2. The van der Waals surface area contributed by atoms with Crippen LogP contribution < -0.4 is 5.32 Å². The van der Waals surface area contributed by atoms with Gasteiger partial charge in [0.1, 0.15) is 0 Å². The Morgan fingerprint density at radius 1 is 0.950 bits per heavy atom. The Hall–Kier alpha value is -1.90. The molecule has 2 aromatic rings. The number of fused-ring (bicyclic) bond motifs is 1. The van der Waals surface area contributed by atoms with Gasteiger partial charge in [-0.3, -0.25) is 0 Å². The topological polar surface area (TPSA) is 12.0 Å². The summed E-state index contributed by atoms with van der Waals surface area (Å²) in [5.41, 5.74) is 5.07. The van der Waals surface area contributed by atoms with Crippen molar-refractivity contribution >= 4 is 5.69 Å². The molecule has 1 nitrogen and oxygen atoms in total. The van der Waals surface area contributed by atoms with Gasteiger partial charge >= 0.3 is 0 Å². The minimum absolute atomic E-state index is 0.0753. The number of halogens is 2. The van der Waals surface area contributed by atoms with Gasteiger partial charge in [0.25, 0.3) is 6.43 Å². The predicted octanol–water partition coefficient (Wildman–Crippen LogP) is 4.73. The van der Waals surface area contributed by atoms with Gasteiger partial charge in [0.2, 0.25) is 0 Å². The Morgan fingerprint density at radius 2 is 1.70 bits per heavy atom. The van der Waals surface area contributed by atoms with E-state index in [4.69, 9.17) is 0 Å². The van der Waals surface area contributed by atoms with Crippen molar-refractivity contribution in [3.8, 4) is 0 Å². The molecule has 104 valence electrons. The molecule has 0 spiro atoms. The van der Waals surface area contributed by atoms with Crippen LogP contribution in [0.5, 0.6) is 0 Å². The van der Waals surface area contributed by atoms with Crippen molar-refractivity contribution in [2.75, 3.05) is 5.32 Å². The van der Waals surface area contributed by atoms with Gasteiger partial charge in [-0.1, -0.05) is 30.3 Å². The van der Waals surface area contributed by atoms with Crippen LogP contribution in [-0.2, 0) is 19.4 Å². The maximum atomic E-state index is 12.5. The molecule has 0 unspecified atom stereocenters. The smallest absolute Gasteiger partial charge is 0.263 e. The van der Waals surface area contributed by atoms with Gasteiger partial charge in [-0.05, 0) is 48.1 Å². The average molecular weight is 273 g/mol.